The Labute approximate surface area is 97.5 Å². The second kappa shape index (κ2) is 6.12. The molecule has 16 heavy (non-hydrogen) atoms. The van der Waals surface area contributed by atoms with E-state index in [2.05, 4.69) is 10.6 Å². The molecule has 3 N–H and O–H groups in total. The Balaban J connectivity index is 2.33. The van der Waals surface area contributed by atoms with Crippen molar-refractivity contribution in [1.29, 1.82) is 0 Å². The third kappa shape index (κ3) is 3.90. The van der Waals surface area contributed by atoms with Crippen LogP contribution in [-0.2, 0) is 11.3 Å². The average molecular weight is 242 g/mol. The van der Waals surface area contributed by atoms with Gasteiger partial charge in [-0.1, -0.05) is 13.0 Å². The van der Waals surface area contributed by atoms with E-state index in [0.29, 0.717) is 13.0 Å². The van der Waals surface area contributed by atoms with Crippen LogP contribution >= 0.6 is 11.3 Å². The van der Waals surface area contributed by atoms with Gasteiger partial charge >= 0.3 is 12.0 Å². The van der Waals surface area contributed by atoms with Crippen molar-refractivity contribution < 1.29 is 14.7 Å². The van der Waals surface area contributed by atoms with Crippen molar-refractivity contribution in [3.8, 4) is 0 Å². The molecule has 0 spiro atoms. The third-order valence-corrected chi connectivity index (χ3v) is 2.89. The summed E-state index contributed by atoms with van der Waals surface area (Å²) < 4.78 is 0. The summed E-state index contributed by atoms with van der Waals surface area (Å²) in [4.78, 5) is 23.0. The summed E-state index contributed by atoms with van der Waals surface area (Å²) >= 11 is 1.54. The molecule has 0 unspecified atom stereocenters. The van der Waals surface area contributed by atoms with Gasteiger partial charge in [0.2, 0.25) is 0 Å². The fourth-order valence-electron chi connectivity index (χ4n) is 1.13. The number of hydrogen-bond donors (Lipinski definition) is 3. The van der Waals surface area contributed by atoms with Crippen LogP contribution in [0.5, 0.6) is 0 Å². The Bertz CT molecular complexity index is 351. The van der Waals surface area contributed by atoms with Crippen molar-refractivity contribution >= 4 is 23.3 Å². The van der Waals surface area contributed by atoms with E-state index < -0.39 is 18.0 Å². The van der Waals surface area contributed by atoms with Crippen LogP contribution in [0.25, 0.3) is 0 Å². The monoisotopic (exact) mass is 242 g/mol. The smallest absolute Gasteiger partial charge is 0.326 e. The molecule has 1 aromatic heterocycles. The molecule has 0 aromatic carbocycles. The van der Waals surface area contributed by atoms with Gasteiger partial charge in [0.15, 0.2) is 0 Å². The topological polar surface area (TPSA) is 78.4 Å². The summed E-state index contributed by atoms with van der Waals surface area (Å²) in [6.07, 6.45) is 0.363. The SMILES string of the molecule is CC[C@@H](NC(=O)NCc1cccs1)C(=O)O. The van der Waals surface area contributed by atoms with E-state index in [1.807, 2.05) is 17.5 Å². The first-order valence-electron chi connectivity index (χ1n) is 4.93. The lowest BCUT2D eigenvalue weighted by Gasteiger charge is -2.12. The number of carbonyl (C=O) groups is 2. The molecule has 1 rings (SSSR count). The molecule has 0 aliphatic rings. The van der Waals surface area contributed by atoms with E-state index in [1.165, 1.54) is 11.3 Å². The van der Waals surface area contributed by atoms with Crippen LogP contribution in [0, 0.1) is 0 Å². The highest BCUT2D eigenvalue weighted by Crippen LogP contribution is 2.07. The van der Waals surface area contributed by atoms with E-state index >= 15 is 0 Å². The van der Waals surface area contributed by atoms with E-state index in [1.54, 1.807) is 6.92 Å². The Morgan fingerprint density at radius 2 is 2.31 bits per heavy atom. The van der Waals surface area contributed by atoms with Gasteiger partial charge in [0.25, 0.3) is 0 Å². The minimum Gasteiger partial charge on any atom is -0.480 e. The van der Waals surface area contributed by atoms with E-state index in [0.717, 1.165) is 4.88 Å². The molecule has 6 heteroatoms. The lowest BCUT2D eigenvalue weighted by molar-refractivity contribution is -0.139. The minimum atomic E-state index is -1.02. The van der Waals surface area contributed by atoms with E-state index in [9.17, 15) is 9.59 Å². The number of carboxylic acids is 1. The van der Waals surface area contributed by atoms with Gasteiger partial charge in [-0.3, -0.25) is 0 Å². The van der Waals surface area contributed by atoms with Gasteiger partial charge in [-0.25, -0.2) is 9.59 Å². The molecule has 1 heterocycles. The lowest BCUT2D eigenvalue weighted by Crippen LogP contribution is -2.45. The van der Waals surface area contributed by atoms with E-state index in [-0.39, 0.29) is 0 Å². The van der Waals surface area contributed by atoms with Crippen LogP contribution in [0.15, 0.2) is 17.5 Å². The first-order valence-corrected chi connectivity index (χ1v) is 5.81. The maximum Gasteiger partial charge on any atom is 0.326 e. The summed E-state index contributed by atoms with van der Waals surface area (Å²) in [6, 6.07) is 2.51. The quantitative estimate of drug-likeness (QED) is 0.730. The van der Waals surface area contributed by atoms with Crippen molar-refractivity contribution in [3.05, 3.63) is 22.4 Å². The number of carboxylic acid groups (broad SMARTS) is 1. The normalized spacial score (nSPS) is 11.8. The first-order chi connectivity index (χ1) is 7.63. The lowest BCUT2D eigenvalue weighted by atomic mass is 10.2. The van der Waals surface area contributed by atoms with Gasteiger partial charge in [0, 0.05) is 4.88 Å². The summed E-state index contributed by atoms with van der Waals surface area (Å²) in [5, 5.41) is 15.6. The zero-order valence-corrected chi connectivity index (χ0v) is 9.71. The molecule has 1 atom stereocenters. The summed E-state index contributed by atoms with van der Waals surface area (Å²) in [6.45, 7) is 2.12. The highest BCUT2D eigenvalue weighted by Gasteiger charge is 2.16. The second-order valence-electron chi connectivity index (χ2n) is 3.21. The predicted molar refractivity (Wildman–Crippen MR) is 61.4 cm³/mol. The van der Waals surface area contributed by atoms with E-state index in [4.69, 9.17) is 5.11 Å². The zero-order valence-electron chi connectivity index (χ0n) is 8.90. The molecule has 5 nitrogen and oxygen atoms in total. The Kier molecular flexibility index (Phi) is 4.78. The van der Waals surface area contributed by atoms with Crippen molar-refractivity contribution in [2.45, 2.75) is 25.9 Å². The molecule has 1 aromatic rings. The van der Waals surface area contributed by atoms with Crippen molar-refractivity contribution in [3.63, 3.8) is 0 Å². The number of aliphatic carboxylic acids is 1. The van der Waals surface area contributed by atoms with Crippen LogP contribution in [0.3, 0.4) is 0 Å². The van der Waals surface area contributed by atoms with Crippen molar-refractivity contribution in [2.24, 2.45) is 0 Å². The molecule has 0 bridgehead atoms. The number of amides is 2. The minimum absolute atomic E-state index is 0.363. The van der Waals surface area contributed by atoms with Gasteiger partial charge in [-0.2, -0.15) is 0 Å². The highest BCUT2D eigenvalue weighted by molar-refractivity contribution is 7.09. The second-order valence-corrected chi connectivity index (χ2v) is 4.24. The third-order valence-electron chi connectivity index (χ3n) is 2.01. The molecule has 0 saturated carbocycles. The number of carbonyl (C=O) groups excluding carboxylic acids is 1. The largest absolute Gasteiger partial charge is 0.480 e. The number of thiophene rings is 1. The van der Waals surface area contributed by atoms with Crippen LogP contribution in [0.2, 0.25) is 0 Å². The highest BCUT2D eigenvalue weighted by atomic mass is 32.1. The maximum atomic E-state index is 11.3. The van der Waals surface area contributed by atoms with Crippen LogP contribution < -0.4 is 10.6 Å². The van der Waals surface area contributed by atoms with Crippen molar-refractivity contribution in [2.75, 3.05) is 0 Å². The Morgan fingerprint density at radius 1 is 1.56 bits per heavy atom. The number of nitrogens with one attached hydrogen (secondary N) is 2. The van der Waals surface area contributed by atoms with Gasteiger partial charge in [-0.15, -0.1) is 11.3 Å². The fraction of sp³-hybridized carbons (Fsp3) is 0.400. The van der Waals surface area contributed by atoms with Crippen LogP contribution in [0.4, 0.5) is 4.79 Å². The summed E-state index contributed by atoms with van der Waals surface area (Å²) in [5.74, 6) is -1.02. The number of hydrogen-bond acceptors (Lipinski definition) is 3. The molecular weight excluding hydrogens is 228 g/mol. The first kappa shape index (κ1) is 12.5. The molecule has 88 valence electrons. The number of urea groups is 1. The van der Waals surface area contributed by atoms with Gasteiger partial charge < -0.3 is 15.7 Å². The Morgan fingerprint density at radius 3 is 2.81 bits per heavy atom. The maximum absolute atomic E-state index is 11.3. The van der Waals surface area contributed by atoms with Gasteiger partial charge in [0.05, 0.1) is 6.54 Å². The van der Waals surface area contributed by atoms with Gasteiger partial charge in [0.1, 0.15) is 6.04 Å². The predicted octanol–water partition coefficient (Wildman–Crippen LogP) is 1.41. The summed E-state index contributed by atoms with van der Waals surface area (Å²) in [5.41, 5.74) is 0. The Hall–Kier alpha value is -1.56. The zero-order chi connectivity index (χ0) is 12.0. The van der Waals surface area contributed by atoms with Crippen LogP contribution in [0.1, 0.15) is 18.2 Å². The van der Waals surface area contributed by atoms with Crippen molar-refractivity contribution in [1.82, 2.24) is 10.6 Å². The molecule has 0 saturated heterocycles. The molecule has 0 fully saturated rings. The van der Waals surface area contributed by atoms with Crippen LogP contribution in [-0.4, -0.2) is 23.1 Å². The molecule has 2 amide bonds. The standard InChI is InChI=1S/C10H14N2O3S/c1-2-8(9(13)14)12-10(15)11-6-7-4-3-5-16-7/h3-5,8H,2,6H2,1H3,(H,13,14)(H2,11,12,15)/t8-/m1/s1. The number of rotatable bonds is 5. The van der Waals surface area contributed by atoms with Gasteiger partial charge in [-0.05, 0) is 17.9 Å². The average Bonchev–Trinajstić information content (AvgIpc) is 2.75. The molecule has 0 aliphatic carbocycles. The summed E-state index contributed by atoms with van der Waals surface area (Å²) in [7, 11) is 0. The molecule has 0 radical (unpaired) electrons. The fourth-order valence-corrected chi connectivity index (χ4v) is 1.77. The molecule has 0 aliphatic heterocycles. The molecular formula is C10H14N2O3S.